The minimum Gasteiger partial charge on any atom is -0.374 e. The van der Waals surface area contributed by atoms with Crippen LogP contribution in [0.15, 0.2) is 24.3 Å². The molecule has 1 fully saturated rings. The van der Waals surface area contributed by atoms with Crippen LogP contribution in [0.25, 0.3) is 0 Å². The fraction of sp³-hybridized carbons (Fsp3) is 0.647. The molecule has 0 radical (unpaired) electrons. The van der Waals surface area contributed by atoms with E-state index in [9.17, 15) is 0 Å². The lowest BCUT2D eigenvalue weighted by Crippen LogP contribution is -2.48. The van der Waals surface area contributed by atoms with Crippen LogP contribution in [0, 0.1) is 0 Å². The fourth-order valence-corrected chi connectivity index (χ4v) is 2.87. The zero-order valence-corrected chi connectivity index (χ0v) is 13.1. The van der Waals surface area contributed by atoms with E-state index in [1.807, 2.05) is 0 Å². The predicted octanol–water partition coefficient (Wildman–Crippen LogP) is 2.62. The molecule has 0 amide bonds. The third-order valence-electron chi connectivity index (χ3n) is 4.17. The maximum absolute atomic E-state index is 6.03. The second-order valence-electron chi connectivity index (χ2n) is 5.43. The van der Waals surface area contributed by atoms with Gasteiger partial charge in [-0.1, -0.05) is 45.0 Å². The molecule has 3 nitrogen and oxygen atoms in total. The number of nitrogens with one attached hydrogen (secondary N) is 1. The zero-order valence-electron chi connectivity index (χ0n) is 13.1. The molecule has 2 unspecified atom stereocenters. The van der Waals surface area contributed by atoms with Gasteiger partial charge in [0.05, 0.1) is 18.8 Å². The van der Waals surface area contributed by atoms with Crippen molar-refractivity contribution in [1.29, 1.82) is 0 Å². The van der Waals surface area contributed by atoms with Crippen LogP contribution >= 0.6 is 0 Å². The lowest BCUT2D eigenvalue weighted by Gasteiger charge is -2.37. The molecule has 112 valence electrons. The number of benzene rings is 1. The van der Waals surface area contributed by atoms with Crippen LogP contribution < -0.4 is 5.32 Å². The highest BCUT2D eigenvalue weighted by molar-refractivity contribution is 5.26. The Bertz CT molecular complexity index is 390. The van der Waals surface area contributed by atoms with Crippen LogP contribution in [0.2, 0.25) is 0 Å². The number of nitrogens with zero attached hydrogens (tertiary/aromatic N) is 1. The Morgan fingerprint density at radius 1 is 1.25 bits per heavy atom. The van der Waals surface area contributed by atoms with E-state index in [0.29, 0.717) is 6.04 Å². The van der Waals surface area contributed by atoms with Crippen molar-refractivity contribution in [2.24, 2.45) is 0 Å². The molecular weight excluding hydrogens is 248 g/mol. The standard InChI is InChI=1S/C17H28N2O/c1-4-14-7-9-15(10-8-14)17(18-5-2)16-13-19(6-3)11-12-20-16/h7-10,16-18H,4-6,11-13H2,1-3H3. The van der Waals surface area contributed by atoms with Crippen molar-refractivity contribution in [3.63, 3.8) is 0 Å². The van der Waals surface area contributed by atoms with Crippen molar-refractivity contribution in [3.05, 3.63) is 35.4 Å². The van der Waals surface area contributed by atoms with Gasteiger partial charge in [-0.3, -0.25) is 4.90 Å². The summed E-state index contributed by atoms with van der Waals surface area (Å²) in [6.45, 7) is 11.6. The van der Waals surface area contributed by atoms with Crippen molar-refractivity contribution < 1.29 is 4.74 Å². The first-order valence-corrected chi connectivity index (χ1v) is 7.94. The number of morpholine rings is 1. The number of likely N-dealkylation sites (N-methyl/N-ethyl adjacent to an activating group) is 2. The predicted molar refractivity (Wildman–Crippen MR) is 84.1 cm³/mol. The largest absolute Gasteiger partial charge is 0.374 e. The number of hydrogen-bond acceptors (Lipinski definition) is 3. The first kappa shape index (κ1) is 15.5. The first-order chi connectivity index (χ1) is 9.78. The van der Waals surface area contributed by atoms with Crippen molar-refractivity contribution in [2.45, 2.75) is 39.3 Å². The van der Waals surface area contributed by atoms with Gasteiger partial charge in [0.15, 0.2) is 0 Å². The molecule has 0 aromatic heterocycles. The molecule has 0 aliphatic carbocycles. The van der Waals surface area contributed by atoms with Crippen LogP contribution in [0.4, 0.5) is 0 Å². The SMILES string of the molecule is CCNC(c1ccc(CC)cc1)C1CN(CC)CCO1. The highest BCUT2D eigenvalue weighted by Crippen LogP contribution is 2.23. The average molecular weight is 276 g/mol. The van der Waals surface area contributed by atoms with Gasteiger partial charge in [0.25, 0.3) is 0 Å². The minimum atomic E-state index is 0.246. The van der Waals surface area contributed by atoms with Crippen LogP contribution in [-0.4, -0.2) is 43.8 Å². The Hall–Kier alpha value is -0.900. The van der Waals surface area contributed by atoms with E-state index in [0.717, 1.165) is 39.2 Å². The average Bonchev–Trinajstić information content (AvgIpc) is 2.53. The van der Waals surface area contributed by atoms with E-state index < -0.39 is 0 Å². The summed E-state index contributed by atoms with van der Waals surface area (Å²) in [6.07, 6.45) is 1.34. The van der Waals surface area contributed by atoms with Gasteiger partial charge in [-0.2, -0.15) is 0 Å². The number of hydrogen-bond donors (Lipinski definition) is 1. The van der Waals surface area contributed by atoms with Gasteiger partial charge in [-0.05, 0) is 30.6 Å². The van der Waals surface area contributed by atoms with E-state index in [1.165, 1.54) is 11.1 Å². The Kier molecular flexibility index (Phi) is 6.02. The van der Waals surface area contributed by atoms with Crippen molar-refractivity contribution in [1.82, 2.24) is 10.2 Å². The van der Waals surface area contributed by atoms with Gasteiger partial charge >= 0.3 is 0 Å². The Morgan fingerprint density at radius 2 is 2.00 bits per heavy atom. The lowest BCUT2D eigenvalue weighted by molar-refractivity contribution is -0.0453. The lowest BCUT2D eigenvalue weighted by atomic mass is 9.98. The van der Waals surface area contributed by atoms with Crippen LogP contribution in [-0.2, 0) is 11.2 Å². The maximum Gasteiger partial charge on any atom is 0.0896 e. The summed E-state index contributed by atoms with van der Waals surface area (Å²) in [6, 6.07) is 9.27. The highest BCUT2D eigenvalue weighted by Gasteiger charge is 2.28. The van der Waals surface area contributed by atoms with Gasteiger partial charge in [-0.15, -0.1) is 0 Å². The first-order valence-electron chi connectivity index (χ1n) is 7.94. The second kappa shape index (κ2) is 7.77. The Morgan fingerprint density at radius 3 is 2.60 bits per heavy atom. The summed E-state index contributed by atoms with van der Waals surface area (Å²) in [5, 5.41) is 3.60. The van der Waals surface area contributed by atoms with Gasteiger partial charge in [0, 0.05) is 13.1 Å². The molecule has 3 heteroatoms. The van der Waals surface area contributed by atoms with Crippen molar-refractivity contribution >= 4 is 0 Å². The second-order valence-corrected chi connectivity index (χ2v) is 5.43. The van der Waals surface area contributed by atoms with Gasteiger partial charge in [0.1, 0.15) is 0 Å². The van der Waals surface area contributed by atoms with E-state index in [1.54, 1.807) is 0 Å². The Balaban J connectivity index is 2.12. The minimum absolute atomic E-state index is 0.246. The molecule has 0 bridgehead atoms. The highest BCUT2D eigenvalue weighted by atomic mass is 16.5. The fourth-order valence-electron chi connectivity index (χ4n) is 2.87. The molecule has 1 aromatic carbocycles. The number of ether oxygens (including phenoxy) is 1. The summed E-state index contributed by atoms with van der Waals surface area (Å²) in [5.41, 5.74) is 2.73. The zero-order chi connectivity index (χ0) is 14.4. The molecular formula is C17H28N2O. The topological polar surface area (TPSA) is 24.5 Å². The summed E-state index contributed by atoms with van der Waals surface area (Å²) >= 11 is 0. The summed E-state index contributed by atoms with van der Waals surface area (Å²) in [5.74, 6) is 0. The van der Waals surface area contributed by atoms with E-state index >= 15 is 0 Å². The molecule has 1 aromatic rings. The molecule has 2 rings (SSSR count). The van der Waals surface area contributed by atoms with Crippen LogP contribution in [0.1, 0.15) is 37.9 Å². The van der Waals surface area contributed by atoms with Gasteiger partial charge in [0.2, 0.25) is 0 Å². The number of aryl methyl sites for hydroxylation is 1. The normalized spacial score (nSPS) is 21.9. The van der Waals surface area contributed by atoms with E-state index in [2.05, 4.69) is 55.3 Å². The molecule has 1 saturated heterocycles. The van der Waals surface area contributed by atoms with Crippen molar-refractivity contribution in [3.8, 4) is 0 Å². The van der Waals surface area contributed by atoms with E-state index in [-0.39, 0.29) is 6.10 Å². The molecule has 20 heavy (non-hydrogen) atoms. The third-order valence-corrected chi connectivity index (χ3v) is 4.17. The molecule has 1 aliphatic heterocycles. The summed E-state index contributed by atoms with van der Waals surface area (Å²) < 4.78 is 6.03. The smallest absolute Gasteiger partial charge is 0.0896 e. The van der Waals surface area contributed by atoms with E-state index in [4.69, 9.17) is 4.74 Å². The Labute approximate surface area is 123 Å². The number of rotatable bonds is 6. The quantitative estimate of drug-likeness (QED) is 0.864. The molecule has 0 spiro atoms. The molecule has 0 saturated carbocycles. The van der Waals surface area contributed by atoms with Crippen LogP contribution in [0.3, 0.4) is 0 Å². The van der Waals surface area contributed by atoms with Crippen LogP contribution in [0.5, 0.6) is 0 Å². The molecule has 1 aliphatic rings. The molecule has 1 heterocycles. The van der Waals surface area contributed by atoms with Gasteiger partial charge < -0.3 is 10.1 Å². The van der Waals surface area contributed by atoms with Gasteiger partial charge in [-0.25, -0.2) is 0 Å². The maximum atomic E-state index is 6.03. The summed E-state index contributed by atoms with van der Waals surface area (Å²) in [7, 11) is 0. The molecule has 2 atom stereocenters. The molecule has 1 N–H and O–H groups in total. The monoisotopic (exact) mass is 276 g/mol. The third kappa shape index (κ3) is 3.81. The van der Waals surface area contributed by atoms with Crippen molar-refractivity contribution in [2.75, 3.05) is 32.8 Å². The summed E-state index contributed by atoms with van der Waals surface area (Å²) in [4.78, 5) is 2.47.